The van der Waals surface area contributed by atoms with Crippen LogP contribution in [-0.2, 0) is 16.1 Å². The minimum absolute atomic E-state index is 0.0151. The van der Waals surface area contributed by atoms with E-state index in [0.717, 1.165) is 4.90 Å². The lowest BCUT2D eigenvalue weighted by atomic mass is 10.1. The first-order valence-electron chi connectivity index (χ1n) is 7.41. The Morgan fingerprint density at radius 3 is 2.12 bits per heavy atom. The molecular formula is C18H14FNO4. The predicted molar refractivity (Wildman–Crippen MR) is 82.6 cm³/mol. The first kappa shape index (κ1) is 15.9. The summed E-state index contributed by atoms with van der Waals surface area (Å²) in [4.78, 5) is 37.1. The molecule has 2 aromatic carbocycles. The number of halogens is 1. The summed E-state index contributed by atoms with van der Waals surface area (Å²) in [6.07, 6.45) is -0.0906. The van der Waals surface area contributed by atoms with Crippen molar-refractivity contribution in [2.75, 3.05) is 6.54 Å². The van der Waals surface area contributed by atoms with Crippen LogP contribution in [0.15, 0.2) is 48.5 Å². The Balaban J connectivity index is 1.53. The maximum atomic E-state index is 12.8. The number of carbonyl (C=O) groups excluding carboxylic acids is 3. The molecular weight excluding hydrogens is 313 g/mol. The van der Waals surface area contributed by atoms with Gasteiger partial charge in [0.2, 0.25) is 0 Å². The molecule has 2 amide bonds. The van der Waals surface area contributed by atoms with Gasteiger partial charge in [0.05, 0.1) is 17.5 Å². The highest BCUT2D eigenvalue weighted by Crippen LogP contribution is 2.22. The van der Waals surface area contributed by atoms with E-state index in [1.54, 1.807) is 24.3 Å². The standard InChI is InChI=1S/C18H14FNO4/c19-13-7-5-12(6-8-13)11-24-16(21)9-10-20-17(22)14-3-1-2-4-15(14)18(20)23/h1-8H,9-11H2. The van der Waals surface area contributed by atoms with Crippen molar-refractivity contribution in [1.29, 1.82) is 0 Å². The molecule has 0 saturated carbocycles. The van der Waals surface area contributed by atoms with Crippen LogP contribution in [0.25, 0.3) is 0 Å². The fraction of sp³-hybridized carbons (Fsp3) is 0.167. The largest absolute Gasteiger partial charge is 0.461 e. The van der Waals surface area contributed by atoms with E-state index in [2.05, 4.69) is 0 Å². The van der Waals surface area contributed by atoms with Crippen LogP contribution in [0.1, 0.15) is 32.7 Å². The van der Waals surface area contributed by atoms with Gasteiger partial charge in [-0.15, -0.1) is 0 Å². The van der Waals surface area contributed by atoms with Crippen LogP contribution in [-0.4, -0.2) is 29.2 Å². The van der Waals surface area contributed by atoms with Gasteiger partial charge < -0.3 is 4.74 Å². The zero-order valence-corrected chi connectivity index (χ0v) is 12.7. The first-order valence-corrected chi connectivity index (χ1v) is 7.41. The van der Waals surface area contributed by atoms with Gasteiger partial charge in [-0.25, -0.2) is 4.39 Å². The number of hydrogen-bond acceptors (Lipinski definition) is 4. The van der Waals surface area contributed by atoms with E-state index in [-0.39, 0.29) is 25.4 Å². The molecule has 1 aliphatic rings. The molecule has 0 spiro atoms. The van der Waals surface area contributed by atoms with Crippen molar-refractivity contribution in [3.63, 3.8) is 0 Å². The van der Waals surface area contributed by atoms with Crippen LogP contribution in [0.3, 0.4) is 0 Å². The minimum Gasteiger partial charge on any atom is -0.461 e. The van der Waals surface area contributed by atoms with Crippen molar-refractivity contribution < 1.29 is 23.5 Å². The number of fused-ring (bicyclic) bond motifs is 1. The third-order valence-electron chi connectivity index (χ3n) is 3.73. The number of benzene rings is 2. The lowest BCUT2D eigenvalue weighted by Gasteiger charge is -2.13. The molecule has 1 heterocycles. The van der Waals surface area contributed by atoms with Crippen LogP contribution >= 0.6 is 0 Å². The molecule has 1 aliphatic heterocycles. The number of rotatable bonds is 5. The molecule has 0 aromatic heterocycles. The van der Waals surface area contributed by atoms with Crippen LogP contribution in [0, 0.1) is 5.82 Å². The lowest BCUT2D eigenvalue weighted by molar-refractivity contribution is -0.145. The monoisotopic (exact) mass is 327 g/mol. The van der Waals surface area contributed by atoms with Gasteiger partial charge in [0.1, 0.15) is 12.4 Å². The second-order valence-corrected chi connectivity index (χ2v) is 5.34. The number of ether oxygens (including phenoxy) is 1. The van der Waals surface area contributed by atoms with Crippen molar-refractivity contribution >= 4 is 17.8 Å². The molecule has 24 heavy (non-hydrogen) atoms. The molecule has 0 radical (unpaired) electrons. The van der Waals surface area contributed by atoms with Gasteiger partial charge >= 0.3 is 5.97 Å². The van der Waals surface area contributed by atoms with Crippen LogP contribution < -0.4 is 0 Å². The molecule has 0 fully saturated rings. The Labute approximate surface area is 137 Å². The Kier molecular flexibility index (Phi) is 4.37. The van der Waals surface area contributed by atoms with E-state index < -0.39 is 17.8 Å². The van der Waals surface area contributed by atoms with Crippen molar-refractivity contribution in [2.45, 2.75) is 13.0 Å². The summed E-state index contributed by atoms with van der Waals surface area (Å²) in [6, 6.07) is 12.1. The van der Waals surface area contributed by atoms with Crippen molar-refractivity contribution in [3.05, 3.63) is 71.0 Å². The summed E-state index contributed by atoms with van der Waals surface area (Å²) in [5, 5.41) is 0. The van der Waals surface area contributed by atoms with Crippen LogP contribution in [0.5, 0.6) is 0 Å². The Morgan fingerprint density at radius 2 is 1.54 bits per heavy atom. The molecule has 0 N–H and O–H groups in total. The maximum absolute atomic E-state index is 12.8. The summed E-state index contributed by atoms with van der Waals surface area (Å²) in [5.41, 5.74) is 1.36. The first-order chi connectivity index (χ1) is 11.6. The Bertz CT molecular complexity index is 766. The average Bonchev–Trinajstić information content (AvgIpc) is 2.84. The van der Waals surface area contributed by atoms with E-state index in [1.807, 2.05) is 0 Å². The zero-order chi connectivity index (χ0) is 17.1. The van der Waals surface area contributed by atoms with Gasteiger partial charge in [-0.05, 0) is 29.8 Å². The van der Waals surface area contributed by atoms with Gasteiger partial charge in [0, 0.05) is 6.54 Å². The molecule has 0 atom stereocenters. The normalized spacial score (nSPS) is 13.1. The third-order valence-corrected chi connectivity index (χ3v) is 3.73. The van der Waals surface area contributed by atoms with Gasteiger partial charge in [-0.1, -0.05) is 24.3 Å². The van der Waals surface area contributed by atoms with Gasteiger partial charge in [-0.3, -0.25) is 19.3 Å². The van der Waals surface area contributed by atoms with Gasteiger partial charge in [0.25, 0.3) is 11.8 Å². The number of imide groups is 1. The van der Waals surface area contributed by atoms with Gasteiger partial charge in [-0.2, -0.15) is 0 Å². The number of carbonyl (C=O) groups is 3. The summed E-state index contributed by atoms with van der Waals surface area (Å²) in [5.74, 6) is -1.70. The Hall–Kier alpha value is -3.02. The van der Waals surface area contributed by atoms with Gasteiger partial charge in [0.15, 0.2) is 0 Å². The number of nitrogens with zero attached hydrogens (tertiary/aromatic N) is 1. The molecule has 2 aromatic rings. The molecule has 5 nitrogen and oxygen atoms in total. The highest BCUT2D eigenvalue weighted by Gasteiger charge is 2.35. The topological polar surface area (TPSA) is 63.7 Å². The molecule has 3 rings (SSSR count). The number of esters is 1. The van der Waals surface area contributed by atoms with Crippen LogP contribution in [0.4, 0.5) is 4.39 Å². The molecule has 0 unspecified atom stereocenters. The average molecular weight is 327 g/mol. The maximum Gasteiger partial charge on any atom is 0.307 e. The van der Waals surface area contributed by atoms with E-state index in [0.29, 0.717) is 16.7 Å². The number of amides is 2. The minimum atomic E-state index is -0.532. The molecule has 0 aliphatic carbocycles. The van der Waals surface area contributed by atoms with Crippen molar-refractivity contribution in [2.24, 2.45) is 0 Å². The quantitative estimate of drug-likeness (QED) is 0.625. The second-order valence-electron chi connectivity index (χ2n) is 5.34. The van der Waals surface area contributed by atoms with E-state index >= 15 is 0 Å². The van der Waals surface area contributed by atoms with E-state index in [9.17, 15) is 18.8 Å². The smallest absolute Gasteiger partial charge is 0.307 e. The third kappa shape index (κ3) is 3.17. The number of hydrogen-bond donors (Lipinski definition) is 0. The zero-order valence-electron chi connectivity index (χ0n) is 12.7. The summed E-state index contributed by atoms with van der Waals surface area (Å²) >= 11 is 0. The lowest BCUT2D eigenvalue weighted by Crippen LogP contribution is -2.32. The van der Waals surface area contributed by atoms with E-state index in [4.69, 9.17) is 4.74 Å². The second kappa shape index (κ2) is 6.62. The Morgan fingerprint density at radius 1 is 0.958 bits per heavy atom. The fourth-order valence-corrected chi connectivity index (χ4v) is 2.46. The molecule has 6 heteroatoms. The summed E-state index contributed by atoms with van der Waals surface area (Å²) < 4.78 is 17.9. The summed E-state index contributed by atoms with van der Waals surface area (Å²) in [6.45, 7) is -0.0180. The predicted octanol–water partition coefficient (Wildman–Crippen LogP) is 2.56. The van der Waals surface area contributed by atoms with Crippen molar-refractivity contribution in [3.8, 4) is 0 Å². The highest BCUT2D eigenvalue weighted by atomic mass is 19.1. The highest BCUT2D eigenvalue weighted by molar-refractivity contribution is 6.21. The SMILES string of the molecule is O=C(CCN1C(=O)c2ccccc2C1=O)OCc1ccc(F)cc1. The fourth-order valence-electron chi connectivity index (χ4n) is 2.46. The van der Waals surface area contributed by atoms with E-state index in [1.165, 1.54) is 24.3 Å². The molecule has 122 valence electrons. The summed E-state index contributed by atoms with van der Waals surface area (Å²) in [7, 11) is 0. The molecule has 0 bridgehead atoms. The van der Waals surface area contributed by atoms with Crippen molar-refractivity contribution in [1.82, 2.24) is 4.90 Å². The molecule has 0 saturated heterocycles. The van der Waals surface area contributed by atoms with Crippen LogP contribution in [0.2, 0.25) is 0 Å².